The number of ether oxygens (including phenoxy) is 1. The largest absolute Gasteiger partial charge is 0.387 e. The number of carbonyl (C=O) groups is 3. The molecule has 2 aromatic carbocycles. The number of hydrogen-bond acceptors (Lipinski definition) is 6. The molecule has 4 rings (SSSR count). The molecule has 150 valence electrons. The molecular weight excluding hydrogens is 376 g/mol. The highest BCUT2D eigenvalue weighted by Gasteiger charge is 2.50. The molecule has 1 fully saturated rings. The average Bonchev–Trinajstić information content (AvgIpc) is 3.16. The van der Waals surface area contributed by atoms with E-state index < -0.39 is 35.5 Å². The third kappa shape index (κ3) is 3.42. The predicted octanol–water partition coefficient (Wildman–Crippen LogP) is 0.203. The third-order valence-electron chi connectivity index (χ3n) is 5.28. The van der Waals surface area contributed by atoms with Gasteiger partial charge in [0.2, 0.25) is 0 Å². The van der Waals surface area contributed by atoms with Crippen molar-refractivity contribution >= 4 is 17.7 Å². The molecule has 0 saturated carbocycles. The van der Waals surface area contributed by atoms with Gasteiger partial charge in [-0.3, -0.25) is 19.3 Å². The summed E-state index contributed by atoms with van der Waals surface area (Å²) in [6.07, 6.45) is -2.35. The van der Waals surface area contributed by atoms with Crippen LogP contribution in [0.2, 0.25) is 0 Å². The lowest BCUT2D eigenvalue weighted by Gasteiger charge is -2.27. The second kappa shape index (κ2) is 7.40. The molecule has 29 heavy (non-hydrogen) atoms. The van der Waals surface area contributed by atoms with Gasteiger partial charge < -0.3 is 20.3 Å². The van der Waals surface area contributed by atoms with Crippen LogP contribution in [0, 0.1) is 0 Å². The number of amides is 3. The maximum atomic E-state index is 12.5. The van der Waals surface area contributed by atoms with E-state index in [4.69, 9.17) is 4.74 Å². The Morgan fingerprint density at radius 2 is 1.66 bits per heavy atom. The normalized spacial score (nSPS) is 25.9. The Morgan fingerprint density at radius 1 is 1.07 bits per heavy atom. The van der Waals surface area contributed by atoms with Crippen LogP contribution in [0.5, 0.6) is 0 Å². The molecule has 0 aliphatic carbocycles. The highest BCUT2D eigenvalue weighted by Crippen LogP contribution is 2.28. The minimum Gasteiger partial charge on any atom is -0.387 e. The minimum absolute atomic E-state index is 0.192. The van der Waals surface area contributed by atoms with Gasteiger partial charge in [0, 0.05) is 5.56 Å². The van der Waals surface area contributed by atoms with E-state index in [-0.39, 0.29) is 19.7 Å². The molecule has 2 aromatic rings. The van der Waals surface area contributed by atoms with Crippen LogP contribution in [0.1, 0.15) is 31.1 Å². The molecule has 8 heteroatoms. The lowest BCUT2D eigenvalue weighted by atomic mass is 9.96. The monoisotopic (exact) mass is 396 g/mol. The number of rotatable bonds is 5. The smallest absolute Gasteiger partial charge is 0.261 e. The van der Waals surface area contributed by atoms with Gasteiger partial charge in [-0.1, -0.05) is 30.3 Å². The Morgan fingerprint density at radius 3 is 2.28 bits per heavy atom. The molecule has 3 N–H and O–H groups in total. The fraction of sp³-hybridized carbons (Fsp3) is 0.286. The van der Waals surface area contributed by atoms with Crippen LogP contribution >= 0.6 is 0 Å². The van der Waals surface area contributed by atoms with Gasteiger partial charge in [-0.25, -0.2) is 0 Å². The predicted molar refractivity (Wildman–Crippen MR) is 101 cm³/mol. The number of benzene rings is 2. The van der Waals surface area contributed by atoms with Crippen LogP contribution in [0.25, 0.3) is 0 Å². The Kier molecular flexibility index (Phi) is 4.91. The molecule has 2 heterocycles. The van der Waals surface area contributed by atoms with Gasteiger partial charge in [0.05, 0.1) is 30.8 Å². The van der Waals surface area contributed by atoms with Crippen molar-refractivity contribution in [3.8, 4) is 0 Å². The van der Waals surface area contributed by atoms with Gasteiger partial charge >= 0.3 is 0 Å². The standard InChI is InChI=1S/C21H20N2O6/c24-17-16(10-23-19(26)14-8-4-5-9-15(14)20(23)27)29-12-21(17,28)11-22-18(25)13-6-2-1-3-7-13/h1-9,16-17,24,28H,10-12H2,(H,22,25)/t16-,17-,21+/m1/s1. The molecule has 3 amide bonds. The number of nitrogens with zero attached hydrogens (tertiary/aromatic N) is 1. The first-order chi connectivity index (χ1) is 13.9. The number of nitrogens with one attached hydrogen (secondary N) is 1. The molecule has 0 bridgehead atoms. The van der Waals surface area contributed by atoms with Crippen molar-refractivity contribution in [2.75, 3.05) is 19.7 Å². The molecule has 0 unspecified atom stereocenters. The summed E-state index contributed by atoms with van der Waals surface area (Å²) in [4.78, 5) is 38.2. The highest BCUT2D eigenvalue weighted by atomic mass is 16.5. The average molecular weight is 396 g/mol. The molecular formula is C21H20N2O6. The Hall–Kier alpha value is -3.07. The van der Waals surface area contributed by atoms with E-state index in [2.05, 4.69) is 5.32 Å². The van der Waals surface area contributed by atoms with Gasteiger partial charge in [0.25, 0.3) is 17.7 Å². The number of carbonyl (C=O) groups excluding carboxylic acids is 3. The zero-order chi connectivity index (χ0) is 20.6. The van der Waals surface area contributed by atoms with E-state index in [0.29, 0.717) is 16.7 Å². The van der Waals surface area contributed by atoms with E-state index >= 15 is 0 Å². The Bertz CT molecular complexity index is 928. The maximum Gasteiger partial charge on any atom is 0.261 e. The number of hydrogen-bond donors (Lipinski definition) is 3. The lowest BCUT2D eigenvalue weighted by molar-refractivity contribution is -0.0484. The molecule has 0 radical (unpaired) electrons. The number of imide groups is 1. The van der Waals surface area contributed by atoms with Crippen molar-refractivity contribution in [1.82, 2.24) is 10.2 Å². The third-order valence-corrected chi connectivity index (χ3v) is 5.28. The summed E-state index contributed by atoms with van der Waals surface area (Å²) in [5.41, 5.74) is -0.703. The van der Waals surface area contributed by atoms with Gasteiger partial charge in [0.15, 0.2) is 0 Å². The first-order valence-electron chi connectivity index (χ1n) is 9.21. The van der Waals surface area contributed by atoms with E-state index in [1.165, 1.54) is 0 Å². The van der Waals surface area contributed by atoms with Crippen LogP contribution in [0.3, 0.4) is 0 Å². The quantitative estimate of drug-likeness (QED) is 0.622. The molecule has 8 nitrogen and oxygen atoms in total. The zero-order valence-corrected chi connectivity index (χ0v) is 15.4. The van der Waals surface area contributed by atoms with Gasteiger partial charge in [-0.15, -0.1) is 0 Å². The summed E-state index contributed by atoms with van der Waals surface area (Å²) in [7, 11) is 0. The first-order valence-corrected chi connectivity index (χ1v) is 9.21. The van der Waals surface area contributed by atoms with Crippen LogP contribution in [-0.2, 0) is 4.74 Å². The Labute approximate surface area is 166 Å². The maximum absolute atomic E-state index is 12.5. The SMILES string of the molecule is O=C(NC[C@]1(O)CO[C@H](CN2C(=O)c3ccccc3C2=O)[C@H]1O)c1ccccc1. The minimum atomic E-state index is -1.73. The molecule has 0 aromatic heterocycles. The van der Waals surface area contributed by atoms with Gasteiger partial charge in [-0.2, -0.15) is 0 Å². The zero-order valence-electron chi connectivity index (χ0n) is 15.4. The lowest BCUT2D eigenvalue weighted by Crippen LogP contribution is -2.54. The number of aliphatic hydroxyl groups is 2. The molecule has 0 spiro atoms. The highest BCUT2D eigenvalue weighted by molar-refractivity contribution is 6.21. The van der Waals surface area contributed by atoms with Crippen LogP contribution < -0.4 is 5.32 Å². The summed E-state index contributed by atoms with van der Waals surface area (Å²) in [5.74, 6) is -1.32. The molecule has 1 saturated heterocycles. The second-order valence-electron chi connectivity index (χ2n) is 7.21. The van der Waals surface area contributed by atoms with Gasteiger partial charge in [0.1, 0.15) is 17.8 Å². The molecule has 3 atom stereocenters. The fourth-order valence-electron chi connectivity index (χ4n) is 3.59. The number of fused-ring (bicyclic) bond motifs is 1. The summed E-state index contributed by atoms with van der Waals surface area (Å²) in [6, 6.07) is 14.9. The molecule has 2 aliphatic heterocycles. The van der Waals surface area contributed by atoms with Crippen LogP contribution in [0.15, 0.2) is 54.6 Å². The van der Waals surface area contributed by atoms with Crippen molar-refractivity contribution in [2.45, 2.75) is 17.8 Å². The van der Waals surface area contributed by atoms with E-state index in [1.54, 1.807) is 54.6 Å². The summed E-state index contributed by atoms with van der Waals surface area (Å²) >= 11 is 0. The van der Waals surface area contributed by atoms with Crippen molar-refractivity contribution in [2.24, 2.45) is 0 Å². The first kappa shape index (κ1) is 19.3. The Balaban J connectivity index is 1.40. The van der Waals surface area contributed by atoms with Crippen molar-refractivity contribution in [3.63, 3.8) is 0 Å². The number of aliphatic hydroxyl groups excluding tert-OH is 1. The van der Waals surface area contributed by atoms with E-state index in [0.717, 1.165) is 4.90 Å². The van der Waals surface area contributed by atoms with Crippen molar-refractivity contribution < 1.29 is 29.3 Å². The summed E-state index contributed by atoms with van der Waals surface area (Å²) < 4.78 is 5.48. The van der Waals surface area contributed by atoms with Crippen LogP contribution in [-0.4, -0.2) is 70.3 Å². The van der Waals surface area contributed by atoms with E-state index in [9.17, 15) is 24.6 Å². The van der Waals surface area contributed by atoms with E-state index in [1.807, 2.05) is 0 Å². The van der Waals surface area contributed by atoms with Gasteiger partial charge in [-0.05, 0) is 24.3 Å². The topological polar surface area (TPSA) is 116 Å². The second-order valence-corrected chi connectivity index (χ2v) is 7.21. The summed E-state index contributed by atoms with van der Waals surface area (Å²) in [6.45, 7) is -0.667. The molecule has 2 aliphatic rings. The summed E-state index contributed by atoms with van der Waals surface area (Å²) in [5, 5.41) is 23.9. The van der Waals surface area contributed by atoms with Crippen LogP contribution in [0.4, 0.5) is 0 Å². The fourth-order valence-corrected chi connectivity index (χ4v) is 3.59. The van der Waals surface area contributed by atoms with Crippen molar-refractivity contribution in [1.29, 1.82) is 0 Å². The van der Waals surface area contributed by atoms with Crippen molar-refractivity contribution in [3.05, 3.63) is 71.3 Å².